The van der Waals surface area contributed by atoms with Gasteiger partial charge in [-0.25, -0.2) is 0 Å². The molecule has 2 amide bonds. The number of hydrogen-bond donors (Lipinski definition) is 0. The summed E-state index contributed by atoms with van der Waals surface area (Å²) in [6.45, 7) is 2.17. The van der Waals surface area contributed by atoms with Crippen molar-refractivity contribution in [2.24, 2.45) is 0 Å². The SMILES string of the molecule is CN(C)c1ccc(C(=O)N2CCN(C(=O)c3ccc(-n4cccc4)cc3)CC2)cc1. The van der Waals surface area contributed by atoms with Gasteiger partial charge in [-0.1, -0.05) is 0 Å². The molecule has 1 aliphatic rings. The molecule has 1 aromatic heterocycles. The number of piperazine rings is 1. The molecule has 2 aromatic carbocycles. The van der Waals surface area contributed by atoms with Crippen LogP contribution >= 0.6 is 0 Å². The number of nitrogens with zero attached hydrogens (tertiary/aromatic N) is 4. The number of carbonyl (C=O) groups is 2. The molecule has 1 aliphatic heterocycles. The van der Waals surface area contributed by atoms with Crippen LogP contribution in [0.2, 0.25) is 0 Å². The van der Waals surface area contributed by atoms with Crippen LogP contribution in [0.1, 0.15) is 20.7 Å². The second kappa shape index (κ2) is 8.45. The molecule has 0 unspecified atom stereocenters. The van der Waals surface area contributed by atoms with E-state index in [0.29, 0.717) is 37.3 Å². The lowest BCUT2D eigenvalue weighted by atomic mass is 10.1. The highest BCUT2D eigenvalue weighted by atomic mass is 16.2. The van der Waals surface area contributed by atoms with Crippen LogP contribution in [0, 0.1) is 0 Å². The van der Waals surface area contributed by atoms with Crippen molar-refractivity contribution in [3.63, 3.8) is 0 Å². The standard InChI is InChI=1S/C24H26N4O2/c1-25(2)21-9-5-19(6-10-21)23(29)27-15-17-28(18-16-27)24(30)20-7-11-22(12-8-20)26-13-3-4-14-26/h3-14H,15-18H2,1-2H3. The Morgan fingerprint density at radius 2 is 1.13 bits per heavy atom. The highest BCUT2D eigenvalue weighted by molar-refractivity contribution is 5.96. The van der Waals surface area contributed by atoms with Crippen LogP contribution in [-0.4, -0.2) is 66.5 Å². The first-order valence-corrected chi connectivity index (χ1v) is 10.1. The van der Waals surface area contributed by atoms with Crippen molar-refractivity contribution in [3.8, 4) is 5.69 Å². The van der Waals surface area contributed by atoms with Crippen LogP contribution in [0.25, 0.3) is 5.69 Å². The van der Waals surface area contributed by atoms with Gasteiger partial charge in [-0.3, -0.25) is 9.59 Å². The van der Waals surface area contributed by atoms with Crippen molar-refractivity contribution in [1.29, 1.82) is 0 Å². The van der Waals surface area contributed by atoms with Gasteiger partial charge >= 0.3 is 0 Å². The molecule has 30 heavy (non-hydrogen) atoms. The van der Waals surface area contributed by atoms with E-state index in [1.807, 2.05) is 106 Å². The number of rotatable bonds is 4. The molecule has 0 radical (unpaired) electrons. The van der Waals surface area contributed by atoms with Gasteiger partial charge in [0.15, 0.2) is 0 Å². The summed E-state index contributed by atoms with van der Waals surface area (Å²) in [6, 6.07) is 19.2. The van der Waals surface area contributed by atoms with E-state index in [2.05, 4.69) is 0 Å². The van der Waals surface area contributed by atoms with Crippen molar-refractivity contribution >= 4 is 17.5 Å². The number of benzene rings is 2. The van der Waals surface area contributed by atoms with Crippen molar-refractivity contribution < 1.29 is 9.59 Å². The average Bonchev–Trinajstić information content (AvgIpc) is 3.33. The van der Waals surface area contributed by atoms with Crippen molar-refractivity contribution in [3.05, 3.63) is 84.2 Å². The summed E-state index contributed by atoms with van der Waals surface area (Å²) in [5, 5.41) is 0. The minimum atomic E-state index is 0.0106. The largest absolute Gasteiger partial charge is 0.378 e. The Hall–Kier alpha value is -3.54. The number of carbonyl (C=O) groups excluding carboxylic acids is 2. The van der Waals surface area contributed by atoms with E-state index in [-0.39, 0.29) is 11.8 Å². The van der Waals surface area contributed by atoms with Crippen molar-refractivity contribution in [2.75, 3.05) is 45.2 Å². The molecule has 0 bridgehead atoms. The Kier molecular flexibility index (Phi) is 5.57. The summed E-state index contributed by atoms with van der Waals surface area (Å²) in [4.78, 5) is 31.3. The molecular weight excluding hydrogens is 376 g/mol. The van der Waals surface area contributed by atoms with Gasteiger partial charge in [0.2, 0.25) is 0 Å². The van der Waals surface area contributed by atoms with Crippen LogP contribution < -0.4 is 4.90 Å². The summed E-state index contributed by atoms with van der Waals surface area (Å²) in [5.41, 5.74) is 3.43. The third-order valence-electron chi connectivity index (χ3n) is 5.50. The predicted octanol–water partition coefficient (Wildman–Crippen LogP) is 3.14. The van der Waals surface area contributed by atoms with Gasteiger partial charge in [0.05, 0.1) is 0 Å². The van der Waals surface area contributed by atoms with E-state index in [4.69, 9.17) is 0 Å². The first-order chi connectivity index (χ1) is 14.5. The lowest BCUT2D eigenvalue weighted by molar-refractivity contribution is 0.0535. The van der Waals surface area contributed by atoms with E-state index in [9.17, 15) is 9.59 Å². The lowest BCUT2D eigenvalue weighted by Gasteiger charge is -2.35. The van der Waals surface area contributed by atoms with Crippen LogP contribution in [0.3, 0.4) is 0 Å². The normalized spacial score (nSPS) is 13.9. The quantitative estimate of drug-likeness (QED) is 0.674. The molecule has 1 fully saturated rings. The van der Waals surface area contributed by atoms with Crippen molar-refractivity contribution in [1.82, 2.24) is 14.4 Å². The van der Waals surface area contributed by atoms with Crippen LogP contribution in [0.4, 0.5) is 5.69 Å². The number of aromatic nitrogens is 1. The summed E-state index contributed by atoms with van der Waals surface area (Å²) in [5.74, 6) is 0.0278. The highest BCUT2D eigenvalue weighted by Gasteiger charge is 2.25. The average molecular weight is 402 g/mol. The molecule has 154 valence electrons. The monoisotopic (exact) mass is 402 g/mol. The fraction of sp³-hybridized carbons (Fsp3) is 0.250. The van der Waals surface area contributed by atoms with Crippen molar-refractivity contribution in [2.45, 2.75) is 0 Å². The summed E-state index contributed by atoms with van der Waals surface area (Å²) in [7, 11) is 3.95. The van der Waals surface area contributed by atoms with E-state index >= 15 is 0 Å². The Balaban J connectivity index is 1.35. The number of anilines is 1. The van der Waals surface area contributed by atoms with Crippen LogP contribution in [0.5, 0.6) is 0 Å². The van der Waals surface area contributed by atoms with Gasteiger partial charge in [0.1, 0.15) is 0 Å². The maximum absolute atomic E-state index is 12.9. The van der Waals surface area contributed by atoms with E-state index in [1.165, 1.54) is 0 Å². The topological polar surface area (TPSA) is 48.8 Å². The Labute approximate surface area is 176 Å². The second-order valence-electron chi connectivity index (χ2n) is 7.66. The fourth-order valence-corrected chi connectivity index (χ4v) is 3.66. The molecule has 0 N–H and O–H groups in total. The molecule has 6 heteroatoms. The summed E-state index contributed by atoms with van der Waals surface area (Å²) in [6.07, 6.45) is 3.95. The molecule has 2 heterocycles. The smallest absolute Gasteiger partial charge is 0.253 e. The molecule has 1 saturated heterocycles. The van der Waals surface area contributed by atoms with Gasteiger partial charge in [-0.2, -0.15) is 0 Å². The van der Waals surface area contributed by atoms with E-state index < -0.39 is 0 Å². The van der Waals surface area contributed by atoms with Gasteiger partial charge in [0.25, 0.3) is 11.8 Å². The molecule has 6 nitrogen and oxygen atoms in total. The molecule has 0 spiro atoms. The molecule has 3 aromatic rings. The first kappa shape index (κ1) is 19.8. The molecule has 4 rings (SSSR count). The van der Waals surface area contributed by atoms with Crippen LogP contribution in [0.15, 0.2) is 73.1 Å². The third kappa shape index (κ3) is 4.08. The minimum absolute atomic E-state index is 0.0106. The maximum Gasteiger partial charge on any atom is 0.253 e. The number of hydrogen-bond acceptors (Lipinski definition) is 3. The Morgan fingerprint density at radius 3 is 1.57 bits per heavy atom. The third-order valence-corrected chi connectivity index (χ3v) is 5.50. The van der Waals surface area contributed by atoms with E-state index in [1.54, 1.807) is 0 Å². The Bertz CT molecular complexity index is 1000. The van der Waals surface area contributed by atoms with Gasteiger partial charge in [-0.05, 0) is 60.7 Å². The van der Waals surface area contributed by atoms with Gasteiger partial charge < -0.3 is 19.3 Å². The maximum atomic E-state index is 12.9. The summed E-state index contributed by atoms with van der Waals surface area (Å²) < 4.78 is 2.00. The molecule has 0 aliphatic carbocycles. The molecular formula is C24H26N4O2. The lowest BCUT2D eigenvalue weighted by Crippen LogP contribution is -2.50. The number of amides is 2. The fourth-order valence-electron chi connectivity index (χ4n) is 3.66. The van der Waals surface area contributed by atoms with Crippen LogP contribution in [-0.2, 0) is 0 Å². The highest BCUT2D eigenvalue weighted by Crippen LogP contribution is 2.17. The molecule has 0 atom stereocenters. The Morgan fingerprint density at radius 1 is 0.700 bits per heavy atom. The summed E-state index contributed by atoms with van der Waals surface area (Å²) >= 11 is 0. The van der Waals surface area contributed by atoms with E-state index in [0.717, 1.165) is 11.4 Å². The zero-order valence-electron chi connectivity index (χ0n) is 17.4. The molecule has 0 saturated carbocycles. The zero-order chi connectivity index (χ0) is 21.1. The van der Waals surface area contributed by atoms with Gasteiger partial charge in [-0.15, -0.1) is 0 Å². The first-order valence-electron chi connectivity index (χ1n) is 10.1. The minimum Gasteiger partial charge on any atom is -0.378 e. The zero-order valence-corrected chi connectivity index (χ0v) is 17.4. The van der Waals surface area contributed by atoms with Gasteiger partial charge in [0, 0.05) is 75.2 Å². The second-order valence-corrected chi connectivity index (χ2v) is 7.66. The predicted molar refractivity (Wildman–Crippen MR) is 118 cm³/mol.